The molecule has 0 saturated heterocycles. The highest BCUT2D eigenvalue weighted by atomic mass is 16.4. The molecule has 3 aromatic heterocycles. The number of carbonyl (C=O) groups is 3. The van der Waals surface area contributed by atoms with Gasteiger partial charge in [-0.05, 0) is 88.2 Å². The van der Waals surface area contributed by atoms with Crippen molar-refractivity contribution in [2.75, 3.05) is 27.2 Å². The van der Waals surface area contributed by atoms with Gasteiger partial charge in [0.25, 0.3) is 0 Å². The molecule has 2 aliphatic heterocycles. The summed E-state index contributed by atoms with van der Waals surface area (Å²) in [5.74, 6) is -3.03. The molecule has 8 bridgehead atoms. The number of aromatic nitrogens is 4. The van der Waals surface area contributed by atoms with Crippen molar-refractivity contribution >= 4 is 57.1 Å². The van der Waals surface area contributed by atoms with E-state index in [1.54, 1.807) is 6.92 Å². The van der Waals surface area contributed by atoms with Gasteiger partial charge in [0.2, 0.25) is 5.91 Å². The Labute approximate surface area is 286 Å². The zero-order valence-corrected chi connectivity index (χ0v) is 29.4. The summed E-state index contributed by atoms with van der Waals surface area (Å²) in [5, 5.41) is 23.2. The van der Waals surface area contributed by atoms with Gasteiger partial charge in [-0.2, -0.15) is 0 Å². The molecule has 1 amide bonds. The number of fused-ring (bicyclic) bond motifs is 8. The van der Waals surface area contributed by atoms with E-state index in [0.717, 1.165) is 50.7 Å². The summed E-state index contributed by atoms with van der Waals surface area (Å²) in [6.45, 7) is 15.0. The van der Waals surface area contributed by atoms with Gasteiger partial charge >= 0.3 is 11.9 Å². The van der Waals surface area contributed by atoms with E-state index in [4.69, 9.17) is 9.97 Å². The number of allylic oxidation sites excluding steroid dienone is 1. The summed E-state index contributed by atoms with van der Waals surface area (Å²) in [5.41, 5.74) is 10.3. The van der Waals surface area contributed by atoms with Gasteiger partial charge in [-0.1, -0.05) is 26.5 Å². The number of H-pyrrole nitrogens is 2. The second-order valence-electron chi connectivity index (χ2n) is 13.2. The first kappa shape index (κ1) is 35.3. The van der Waals surface area contributed by atoms with Crippen LogP contribution in [0.3, 0.4) is 0 Å². The molecule has 2 aliphatic rings. The molecule has 11 heteroatoms. The first-order chi connectivity index (χ1) is 23.2. The quantitative estimate of drug-likeness (QED) is 0.163. The molecule has 258 valence electrons. The van der Waals surface area contributed by atoms with Crippen molar-refractivity contribution < 1.29 is 24.6 Å². The maximum Gasteiger partial charge on any atom is 0.338 e. The number of likely N-dealkylation sites (N-methyl/N-ethyl adjacent to an activating group) is 1. The number of hydrogen-bond acceptors (Lipinski definition) is 6. The minimum absolute atomic E-state index is 0.00425. The van der Waals surface area contributed by atoms with Crippen LogP contribution >= 0.6 is 0 Å². The molecule has 0 aromatic carbocycles. The Morgan fingerprint density at radius 1 is 0.980 bits per heavy atom. The minimum Gasteiger partial charge on any atom is -0.481 e. The fourth-order valence-corrected chi connectivity index (χ4v) is 7.02. The molecule has 0 spiro atoms. The smallest absolute Gasteiger partial charge is 0.338 e. The summed E-state index contributed by atoms with van der Waals surface area (Å²) in [6, 6.07) is 5.91. The molecular formula is C38H46N6O5. The zero-order chi connectivity index (χ0) is 35.7. The SMILES string of the molecule is C=Cc1c(C)c2cc3nc(c(CC(=O)NCCN(C)C)c4nc(cc5[nH]c(cc1[nH]2)c(C)c5CC)C(C)=C4C(=O)O)[C@@H](CCC(=O)O)[C@@H]3C. The van der Waals surface area contributed by atoms with Gasteiger partial charge in [-0.3, -0.25) is 14.6 Å². The largest absolute Gasteiger partial charge is 0.481 e. The molecule has 3 aromatic rings. The van der Waals surface area contributed by atoms with Crippen molar-refractivity contribution in [3.05, 3.63) is 75.4 Å². The van der Waals surface area contributed by atoms with Crippen LogP contribution in [-0.2, 0) is 27.2 Å². The number of carbonyl (C=O) groups excluding carboxylic acids is 1. The summed E-state index contributed by atoms with van der Waals surface area (Å²) >= 11 is 0. The fraction of sp³-hybridized carbons (Fsp3) is 0.395. The van der Waals surface area contributed by atoms with E-state index < -0.39 is 17.9 Å². The second-order valence-corrected chi connectivity index (χ2v) is 13.2. The van der Waals surface area contributed by atoms with Gasteiger partial charge in [0, 0.05) is 70.2 Å². The average Bonchev–Trinajstić information content (AvgIpc) is 3.71. The van der Waals surface area contributed by atoms with Crippen LogP contribution in [0.5, 0.6) is 0 Å². The lowest BCUT2D eigenvalue weighted by molar-refractivity contribution is -0.137. The van der Waals surface area contributed by atoms with Crippen LogP contribution in [0.4, 0.5) is 0 Å². The molecule has 0 radical (unpaired) electrons. The van der Waals surface area contributed by atoms with Crippen molar-refractivity contribution in [3.63, 3.8) is 0 Å². The van der Waals surface area contributed by atoms with Crippen molar-refractivity contribution in [1.29, 1.82) is 0 Å². The summed E-state index contributed by atoms with van der Waals surface area (Å²) in [7, 11) is 3.82. The molecule has 49 heavy (non-hydrogen) atoms. The monoisotopic (exact) mass is 666 g/mol. The highest BCUT2D eigenvalue weighted by Gasteiger charge is 2.35. The Balaban J connectivity index is 1.95. The lowest BCUT2D eigenvalue weighted by atomic mass is 9.84. The molecule has 0 fully saturated rings. The lowest BCUT2D eigenvalue weighted by Crippen LogP contribution is -2.32. The molecule has 5 N–H and O–H groups in total. The molecule has 11 nitrogen and oxygen atoms in total. The van der Waals surface area contributed by atoms with Crippen molar-refractivity contribution in [1.82, 2.24) is 30.2 Å². The van der Waals surface area contributed by atoms with E-state index in [-0.39, 0.29) is 42.4 Å². The lowest BCUT2D eigenvalue weighted by Gasteiger charge is -2.18. The Morgan fingerprint density at radius 3 is 2.31 bits per heavy atom. The van der Waals surface area contributed by atoms with Crippen molar-refractivity contribution in [2.45, 2.75) is 72.1 Å². The predicted molar refractivity (Wildman–Crippen MR) is 193 cm³/mol. The zero-order valence-electron chi connectivity index (χ0n) is 29.4. The van der Waals surface area contributed by atoms with E-state index in [9.17, 15) is 24.6 Å². The Kier molecular flexibility index (Phi) is 10.2. The van der Waals surface area contributed by atoms with Crippen LogP contribution in [0.25, 0.3) is 39.3 Å². The standard InChI is InChI=1S/C38H46N6O5/c1-9-23-19(3)27-16-29-21(5)25(11-12-34(46)47)36(42-29)26(15-33(45)39-13-14-44(7)8)37-35(38(48)49)22(6)30(43-37)18-32-24(10-2)20(4)28(41-32)17-31(23)40-27/h9,16-18,21,25,40-41H,1,10-15H2,2-8H3,(H,39,45)(H,46,47)(H,48,49)/t21-,25-/m0/s1. The number of rotatable bonds is 11. The summed E-state index contributed by atoms with van der Waals surface area (Å²) in [4.78, 5) is 57.5. The maximum absolute atomic E-state index is 13.5. The third kappa shape index (κ3) is 6.94. The number of nitrogens with one attached hydrogen (secondary N) is 3. The van der Waals surface area contributed by atoms with E-state index in [2.05, 4.69) is 41.8 Å². The minimum atomic E-state index is -1.16. The van der Waals surface area contributed by atoms with Crippen LogP contribution < -0.4 is 5.32 Å². The van der Waals surface area contributed by atoms with Gasteiger partial charge in [-0.25, -0.2) is 9.78 Å². The second kappa shape index (κ2) is 14.2. The number of amides is 1. The third-order valence-electron chi connectivity index (χ3n) is 9.83. The molecule has 5 rings (SSSR count). The van der Waals surface area contributed by atoms with Crippen LogP contribution in [0.15, 0.2) is 24.8 Å². The number of nitrogens with zero attached hydrogens (tertiary/aromatic N) is 3. The molecule has 2 atom stereocenters. The number of hydrogen-bond donors (Lipinski definition) is 5. The van der Waals surface area contributed by atoms with E-state index in [1.807, 2.05) is 51.1 Å². The summed E-state index contributed by atoms with van der Waals surface area (Å²) < 4.78 is 0. The van der Waals surface area contributed by atoms with Gasteiger partial charge in [0.15, 0.2) is 0 Å². The summed E-state index contributed by atoms with van der Waals surface area (Å²) in [6.07, 6.45) is 2.54. The van der Waals surface area contributed by atoms with E-state index in [1.165, 1.54) is 0 Å². The topological polar surface area (TPSA) is 164 Å². The molecule has 0 saturated carbocycles. The number of aliphatic carboxylic acids is 2. The number of aryl methyl sites for hydroxylation is 3. The predicted octanol–water partition coefficient (Wildman–Crippen LogP) is 6.12. The third-order valence-corrected chi connectivity index (χ3v) is 9.83. The fourth-order valence-electron chi connectivity index (χ4n) is 7.02. The molecule has 0 unspecified atom stereocenters. The Morgan fingerprint density at radius 2 is 1.67 bits per heavy atom. The van der Waals surface area contributed by atoms with Crippen molar-refractivity contribution in [2.24, 2.45) is 0 Å². The van der Waals surface area contributed by atoms with E-state index in [0.29, 0.717) is 41.3 Å². The Bertz CT molecular complexity index is 2050. The van der Waals surface area contributed by atoms with Crippen molar-refractivity contribution in [3.8, 4) is 0 Å². The Hall–Kier alpha value is -5.03. The first-order valence-electron chi connectivity index (χ1n) is 16.7. The van der Waals surface area contributed by atoms with Gasteiger partial charge in [0.05, 0.1) is 29.1 Å². The number of carboxylic acid groups (broad SMARTS) is 2. The van der Waals surface area contributed by atoms with Gasteiger partial charge in [0.1, 0.15) is 0 Å². The average molecular weight is 667 g/mol. The molecule has 5 heterocycles. The maximum atomic E-state index is 13.5. The highest BCUT2D eigenvalue weighted by molar-refractivity contribution is 6.24. The van der Waals surface area contributed by atoms with Crippen LogP contribution in [0.2, 0.25) is 0 Å². The van der Waals surface area contributed by atoms with Gasteiger partial charge < -0.3 is 30.4 Å². The normalized spacial score (nSPS) is 15.9. The molecular weight excluding hydrogens is 620 g/mol. The number of carboxylic acids is 2. The van der Waals surface area contributed by atoms with E-state index >= 15 is 0 Å². The van der Waals surface area contributed by atoms with Gasteiger partial charge in [-0.15, -0.1) is 0 Å². The van der Waals surface area contributed by atoms with Crippen LogP contribution in [0.1, 0.15) is 96.0 Å². The number of aromatic amines is 2. The highest BCUT2D eigenvalue weighted by Crippen LogP contribution is 2.43. The van der Waals surface area contributed by atoms with Crippen LogP contribution in [0, 0.1) is 13.8 Å². The van der Waals surface area contributed by atoms with Crippen LogP contribution in [-0.4, -0.2) is 80.1 Å². The first-order valence-corrected chi connectivity index (χ1v) is 16.7. The molecule has 0 aliphatic carbocycles.